The summed E-state index contributed by atoms with van der Waals surface area (Å²) < 4.78 is 16.8. The Kier molecular flexibility index (Phi) is 7.98. The maximum absolute atomic E-state index is 13.4. The van der Waals surface area contributed by atoms with Gasteiger partial charge in [-0.15, -0.1) is 0 Å². The Hall–Kier alpha value is -4.04. The third kappa shape index (κ3) is 5.63. The molecule has 2 N–H and O–H groups in total. The molecule has 0 spiro atoms. The molecule has 0 bridgehead atoms. The van der Waals surface area contributed by atoms with Gasteiger partial charge in [0.15, 0.2) is 11.5 Å². The van der Waals surface area contributed by atoms with Gasteiger partial charge in [0.2, 0.25) is 12.7 Å². The molecule has 5 rings (SSSR count). The number of fused-ring (bicyclic) bond motifs is 1. The molecule has 0 unspecified atom stereocenters. The first-order valence-corrected chi connectivity index (χ1v) is 13.7. The number of carboxylic acid groups (broad SMARTS) is 1. The van der Waals surface area contributed by atoms with Crippen LogP contribution < -0.4 is 19.5 Å². The van der Waals surface area contributed by atoms with Crippen LogP contribution in [0.15, 0.2) is 54.6 Å². The SMILES string of the molecule is CCCOc1ccc([C@@H]2[C@@H](C(=O)O)[C@@H](c3ccc4c(c3)OCO4)CN2CC(=O)Nc2c(C)cc(C)cc2C)cc1. The average molecular weight is 545 g/mol. The standard InChI is InChI=1S/C32H36N2O6/c1-5-12-38-24-9-6-22(7-10-24)31-29(32(36)37)25(23-8-11-26-27(15-23)40-18-39-26)16-34(31)17-28(35)33-30-20(3)13-19(2)14-21(30)4/h6-11,13-15,25,29,31H,5,12,16-18H2,1-4H3,(H,33,35)(H,36,37)/t25-,29+,31-/m1/s1. The number of hydrogen-bond acceptors (Lipinski definition) is 6. The van der Waals surface area contributed by atoms with E-state index in [9.17, 15) is 14.7 Å². The number of rotatable bonds is 9. The number of aryl methyl sites for hydroxylation is 3. The van der Waals surface area contributed by atoms with E-state index in [4.69, 9.17) is 14.2 Å². The second kappa shape index (κ2) is 11.6. The van der Waals surface area contributed by atoms with Crippen molar-refractivity contribution >= 4 is 17.6 Å². The van der Waals surface area contributed by atoms with Crippen LogP contribution in [-0.2, 0) is 9.59 Å². The van der Waals surface area contributed by atoms with Crippen LogP contribution in [0.5, 0.6) is 17.2 Å². The largest absolute Gasteiger partial charge is 0.494 e. The van der Waals surface area contributed by atoms with Gasteiger partial charge in [0.1, 0.15) is 5.75 Å². The topological polar surface area (TPSA) is 97.3 Å². The molecule has 3 atom stereocenters. The van der Waals surface area contributed by atoms with Crippen molar-refractivity contribution in [2.24, 2.45) is 5.92 Å². The Morgan fingerprint density at radius 2 is 1.65 bits per heavy atom. The second-order valence-electron chi connectivity index (χ2n) is 10.7. The van der Waals surface area contributed by atoms with E-state index in [-0.39, 0.29) is 25.2 Å². The molecule has 1 saturated heterocycles. The fourth-order valence-corrected chi connectivity index (χ4v) is 5.99. The Morgan fingerprint density at radius 1 is 0.975 bits per heavy atom. The van der Waals surface area contributed by atoms with Crippen LogP contribution in [0, 0.1) is 26.7 Å². The molecule has 0 aliphatic carbocycles. The third-order valence-electron chi connectivity index (χ3n) is 7.69. The molecule has 2 heterocycles. The molecule has 3 aromatic carbocycles. The predicted molar refractivity (Wildman–Crippen MR) is 152 cm³/mol. The minimum atomic E-state index is -0.910. The van der Waals surface area contributed by atoms with Crippen molar-refractivity contribution in [3.05, 3.63) is 82.4 Å². The van der Waals surface area contributed by atoms with Crippen molar-refractivity contribution < 1.29 is 28.9 Å². The van der Waals surface area contributed by atoms with Crippen molar-refractivity contribution in [1.82, 2.24) is 4.90 Å². The van der Waals surface area contributed by atoms with E-state index in [0.29, 0.717) is 24.7 Å². The number of nitrogens with zero attached hydrogens (tertiary/aromatic N) is 1. The number of hydrogen-bond donors (Lipinski definition) is 2. The number of anilines is 1. The Bertz CT molecular complexity index is 1380. The van der Waals surface area contributed by atoms with Crippen LogP contribution in [0.3, 0.4) is 0 Å². The first kappa shape index (κ1) is 27.5. The molecule has 8 heteroatoms. The summed E-state index contributed by atoms with van der Waals surface area (Å²) in [7, 11) is 0. The summed E-state index contributed by atoms with van der Waals surface area (Å²) >= 11 is 0. The first-order valence-electron chi connectivity index (χ1n) is 13.7. The number of nitrogens with one attached hydrogen (secondary N) is 1. The van der Waals surface area contributed by atoms with Gasteiger partial charge in [-0.05, 0) is 73.7 Å². The van der Waals surface area contributed by atoms with E-state index in [0.717, 1.165) is 45.7 Å². The molecule has 0 aromatic heterocycles. The third-order valence-corrected chi connectivity index (χ3v) is 7.69. The van der Waals surface area contributed by atoms with E-state index in [2.05, 4.69) is 5.32 Å². The summed E-state index contributed by atoms with van der Waals surface area (Å²) in [6, 6.07) is 16.7. The lowest BCUT2D eigenvalue weighted by Crippen LogP contribution is -2.35. The summed E-state index contributed by atoms with van der Waals surface area (Å²) in [6.45, 7) is 9.23. The average Bonchev–Trinajstić information content (AvgIpc) is 3.54. The van der Waals surface area contributed by atoms with Crippen LogP contribution in [0.4, 0.5) is 5.69 Å². The van der Waals surface area contributed by atoms with Crippen LogP contribution in [0.1, 0.15) is 53.1 Å². The highest BCUT2D eigenvalue weighted by molar-refractivity contribution is 5.94. The predicted octanol–water partition coefficient (Wildman–Crippen LogP) is 5.61. The number of ether oxygens (including phenoxy) is 3. The molecule has 1 amide bonds. The minimum absolute atomic E-state index is 0.0519. The van der Waals surface area contributed by atoms with Gasteiger partial charge in [0, 0.05) is 24.2 Å². The zero-order valence-electron chi connectivity index (χ0n) is 23.4. The summed E-state index contributed by atoms with van der Waals surface area (Å²) in [4.78, 5) is 28.2. The van der Waals surface area contributed by atoms with E-state index >= 15 is 0 Å². The van der Waals surface area contributed by atoms with Crippen molar-refractivity contribution in [3.63, 3.8) is 0 Å². The molecule has 210 valence electrons. The first-order chi connectivity index (χ1) is 19.2. The van der Waals surface area contributed by atoms with Gasteiger partial charge >= 0.3 is 5.97 Å². The molecule has 0 saturated carbocycles. The summed E-state index contributed by atoms with van der Waals surface area (Å²) in [5, 5.41) is 13.6. The molecule has 40 heavy (non-hydrogen) atoms. The smallest absolute Gasteiger partial charge is 0.309 e. The Morgan fingerprint density at radius 3 is 2.33 bits per heavy atom. The number of carbonyl (C=O) groups is 2. The Labute approximate surface area is 234 Å². The highest BCUT2D eigenvalue weighted by atomic mass is 16.7. The van der Waals surface area contributed by atoms with E-state index < -0.39 is 17.9 Å². The van der Waals surface area contributed by atoms with Gasteiger partial charge in [-0.3, -0.25) is 14.5 Å². The van der Waals surface area contributed by atoms with E-state index in [1.165, 1.54) is 0 Å². The molecule has 3 aromatic rings. The highest BCUT2D eigenvalue weighted by Gasteiger charge is 2.48. The zero-order valence-corrected chi connectivity index (χ0v) is 23.4. The number of aliphatic carboxylic acids is 1. The van der Waals surface area contributed by atoms with Gasteiger partial charge in [0.05, 0.1) is 19.1 Å². The number of amides is 1. The lowest BCUT2D eigenvalue weighted by atomic mass is 9.82. The van der Waals surface area contributed by atoms with Crippen LogP contribution in [0.25, 0.3) is 0 Å². The van der Waals surface area contributed by atoms with Gasteiger partial charge in [-0.25, -0.2) is 0 Å². The number of likely N-dealkylation sites (tertiary alicyclic amines) is 1. The van der Waals surface area contributed by atoms with Gasteiger partial charge in [0.25, 0.3) is 0 Å². The molecule has 2 aliphatic heterocycles. The quantitative estimate of drug-likeness (QED) is 0.361. The van der Waals surface area contributed by atoms with Crippen molar-refractivity contribution in [3.8, 4) is 17.2 Å². The lowest BCUT2D eigenvalue weighted by molar-refractivity contribution is -0.143. The van der Waals surface area contributed by atoms with Crippen LogP contribution >= 0.6 is 0 Å². The maximum Gasteiger partial charge on any atom is 0.309 e. The highest BCUT2D eigenvalue weighted by Crippen LogP contribution is 2.47. The lowest BCUT2D eigenvalue weighted by Gasteiger charge is -2.27. The van der Waals surface area contributed by atoms with E-state index in [1.54, 1.807) is 0 Å². The molecule has 2 aliphatic rings. The molecule has 0 radical (unpaired) electrons. The normalized spacial score (nSPS) is 19.9. The number of carbonyl (C=O) groups excluding carboxylic acids is 1. The minimum Gasteiger partial charge on any atom is -0.494 e. The maximum atomic E-state index is 13.4. The summed E-state index contributed by atoms with van der Waals surface area (Å²) in [5.74, 6) is -0.241. The Balaban J connectivity index is 1.47. The molecular weight excluding hydrogens is 508 g/mol. The second-order valence-corrected chi connectivity index (χ2v) is 10.7. The van der Waals surface area contributed by atoms with Crippen molar-refractivity contribution in [2.45, 2.75) is 46.1 Å². The van der Waals surface area contributed by atoms with Crippen LogP contribution in [0.2, 0.25) is 0 Å². The van der Waals surface area contributed by atoms with Crippen LogP contribution in [-0.4, -0.2) is 48.4 Å². The van der Waals surface area contributed by atoms with Gasteiger partial charge in [-0.2, -0.15) is 0 Å². The fraction of sp³-hybridized carbons (Fsp3) is 0.375. The van der Waals surface area contributed by atoms with Gasteiger partial charge in [-0.1, -0.05) is 42.8 Å². The zero-order chi connectivity index (χ0) is 28.4. The number of carboxylic acids is 1. The van der Waals surface area contributed by atoms with Crippen molar-refractivity contribution in [2.75, 3.05) is 31.8 Å². The fourth-order valence-electron chi connectivity index (χ4n) is 5.99. The van der Waals surface area contributed by atoms with E-state index in [1.807, 2.05) is 87.2 Å². The van der Waals surface area contributed by atoms with Gasteiger partial charge < -0.3 is 24.6 Å². The monoisotopic (exact) mass is 544 g/mol. The molecule has 1 fully saturated rings. The summed E-state index contributed by atoms with van der Waals surface area (Å²) in [5.41, 5.74) is 5.59. The molecular formula is C32H36N2O6. The summed E-state index contributed by atoms with van der Waals surface area (Å²) in [6.07, 6.45) is 0.894. The number of benzene rings is 3. The van der Waals surface area contributed by atoms with Crippen molar-refractivity contribution in [1.29, 1.82) is 0 Å². The molecule has 8 nitrogen and oxygen atoms in total.